The summed E-state index contributed by atoms with van der Waals surface area (Å²) in [6.07, 6.45) is 0. The van der Waals surface area contributed by atoms with E-state index in [4.69, 9.17) is 0 Å². The van der Waals surface area contributed by atoms with Crippen LogP contribution in [-0.2, 0) is 0 Å². The van der Waals surface area contributed by atoms with Crippen molar-refractivity contribution in [2.24, 2.45) is 0 Å². The standard InChI is InChI=1S/C23H25NO2/c1-14(2)20-12-19(13-21(15(3)4)22(20)25)24-23(26)18-10-9-16-7-5-6-8-17(16)11-18/h5-15,25H,1-4H3,(H,24,26). The molecule has 0 aliphatic rings. The average Bonchev–Trinajstić information content (AvgIpc) is 2.62. The molecule has 0 aromatic heterocycles. The molecule has 0 atom stereocenters. The summed E-state index contributed by atoms with van der Waals surface area (Å²) < 4.78 is 0. The Balaban J connectivity index is 1.95. The molecule has 2 N–H and O–H groups in total. The Morgan fingerprint density at radius 1 is 0.846 bits per heavy atom. The minimum Gasteiger partial charge on any atom is -0.507 e. The third-order valence-corrected chi connectivity index (χ3v) is 4.68. The Morgan fingerprint density at radius 2 is 1.42 bits per heavy atom. The summed E-state index contributed by atoms with van der Waals surface area (Å²) in [7, 11) is 0. The number of phenols is 1. The van der Waals surface area contributed by atoms with Gasteiger partial charge in [0.05, 0.1) is 0 Å². The van der Waals surface area contributed by atoms with Crippen molar-refractivity contribution in [3.63, 3.8) is 0 Å². The Labute approximate surface area is 154 Å². The normalized spacial score (nSPS) is 11.3. The lowest BCUT2D eigenvalue weighted by molar-refractivity contribution is 0.102. The Morgan fingerprint density at radius 3 is 2.00 bits per heavy atom. The maximum Gasteiger partial charge on any atom is 0.255 e. The van der Waals surface area contributed by atoms with E-state index >= 15 is 0 Å². The van der Waals surface area contributed by atoms with Crippen LogP contribution in [0.1, 0.15) is 61.0 Å². The van der Waals surface area contributed by atoms with Gasteiger partial charge >= 0.3 is 0 Å². The summed E-state index contributed by atoms with van der Waals surface area (Å²) >= 11 is 0. The number of carbonyl (C=O) groups is 1. The van der Waals surface area contributed by atoms with Gasteiger partial charge in [-0.2, -0.15) is 0 Å². The molecule has 3 heteroatoms. The Kier molecular flexibility index (Phi) is 4.99. The number of aromatic hydroxyl groups is 1. The van der Waals surface area contributed by atoms with Crippen molar-refractivity contribution in [2.45, 2.75) is 39.5 Å². The van der Waals surface area contributed by atoms with Gasteiger partial charge < -0.3 is 10.4 Å². The van der Waals surface area contributed by atoms with E-state index < -0.39 is 0 Å². The van der Waals surface area contributed by atoms with Crippen molar-refractivity contribution in [1.82, 2.24) is 0 Å². The fourth-order valence-corrected chi connectivity index (χ4v) is 3.17. The molecule has 0 fully saturated rings. The fraction of sp³-hybridized carbons (Fsp3) is 0.261. The SMILES string of the molecule is CC(C)c1cc(NC(=O)c2ccc3ccccc3c2)cc(C(C)C)c1O. The molecule has 0 saturated heterocycles. The van der Waals surface area contributed by atoms with Crippen molar-refractivity contribution < 1.29 is 9.90 Å². The van der Waals surface area contributed by atoms with Gasteiger partial charge in [-0.05, 0) is 58.0 Å². The van der Waals surface area contributed by atoms with Gasteiger partial charge in [-0.15, -0.1) is 0 Å². The maximum absolute atomic E-state index is 12.7. The summed E-state index contributed by atoms with van der Waals surface area (Å²) in [5.41, 5.74) is 3.04. The second-order valence-corrected chi connectivity index (χ2v) is 7.33. The van der Waals surface area contributed by atoms with E-state index in [0.717, 1.165) is 21.9 Å². The number of benzene rings is 3. The van der Waals surface area contributed by atoms with Crippen LogP contribution in [0.4, 0.5) is 5.69 Å². The molecule has 3 rings (SSSR count). The summed E-state index contributed by atoms with van der Waals surface area (Å²) in [5, 5.41) is 15.6. The number of hydrogen-bond acceptors (Lipinski definition) is 2. The zero-order valence-corrected chi connectivity index (χ0v) is 15.7. The van der Waals surface area contributed by atoms with Gasteiger partial charge in [-0.1, -0.05) is 58.0 Å². The van der Waals surface area contributed by atoms with Crippen molar-refractivity contribution in [2.75, 3.05) is 5.32 Å². The van der Waals surface area contributed by atoms with E-state index in [0.29, 0.717) is 17.0 Å². The van der Waals surface area contributed by atoms with Gasteiger partial charge in [-0.3, -0.25) is 4.79 Å². The maximum atomic E-state index is 12.7. The van der Waals surface area contributed by atoms with E-state index in [2.05, 4.69) is 5.32 Å². The first-order valence-electron chi connectivity index (χ1n) is 9.03. The number of phenolic OH excluding ortho intramolecular Hbond substituents is 1. The van der Waals surface area contributed by atoms with Crippen LogP contribution in [0.3, 0.4) is 0 Å². The molecule has 0 spiro atoms. The number of rotatable bonds is 4. The molecule has 1 amide bonds. The lowest BCUT2D eigenvalue weighted by Gasteiger charge is -2.18. The molecule has 0 heterocycles. The smallest absolute Gasteiger partial charge is 0.255 e. The first-order chi connectivity index (χ1) is 12.4. The summed E-state index contributed by atoms with van der Waals surface area (Å²) in [4.78, 5) is 12.7. The van der Waals surface area contributed by atoms with Crippen LogP contribution in [-0.4, -0.2) is 11.0 Å². The molecule has 134 valence electrons. The molecular formula is C23H25NO2. The van der Waals surface area contributed by atoms with Gasteiger partial charge in [0.15, 0.2) is 0 Å². The molecule has 0 radical (unpaired) electrons. The summed E-state index contributed by atoms with van der Waals surface area (Å²) in [5.74, 6) is 0.527. The molecule has 26 heavy (non-hydrogen) atoms. The molecule has 0 aliphatic carbocycles. The lowest BCUT2D eigenvalue weighted by atomic mass is 9.93. The molecule has 0 saturated carbocycles. The van der Waals surface area contributed by atoms with Crippen LogP contribution >= 0.6 is 0 Å². The predicted octanol–water partition coefficient (Wildman–Crippen LogP) is 6.04. The third kappa shape index (κ3) is 3.57. The minimum atomic E-state index is -0.147. The molecule has 0 unspecified atom stereocenters. The molecule has 3 aromatic carbocycles. The highest BCUT2D eigenvalue weighted by Gasteiger charge is 2.16. The first-order valence-corrected chi connectivity index (χ1v) is 9.03. The summed E-state index contributed by atoms with van der Waals surface area (Å²) in [6.45, 7) is 8.14. The molecular weight excluding hydrogens is 322 g/mol. The van der Waals surface area contributed by atoms with Gasteiger partial charge in [0, 0.05) is 11.3 Å². The Bertz CT molecular complexity index is 928. The van der Waals surface area contributed by atoms with Crippen LogP contribution in [0.15, 0.2) is 54.6 Å². The minimum absolute atomic E-state index is 0.147. The third-order valence-electron chi connectivity index (χ3n) is 4.68. The van der Waals surface area contributed by atoms with Crippen molar-refractivity contribution >= 4 is 22.4 Å². The van der Waals surface area contributed by atoms with Gasteiger partial charge in [0.25, 0.3) is 5.91 Å². The van der Waals surface area contributed by atoms with Crippen molar-refractivity contribution in [3.05, 3.63) is 71.3 Å². The number of amides is 1. The van der Waals surface area contributed by atoms with Crippen LogP contribution in [0.2, 0.25) is 0 Å². The van der Waals surface area contributed by atoms with E-state index in [1.54, 1.807) is 0 Å². The van der Waals surface area contributed by atoms with Gasteiger partial charge in [0.2, 0.25) is 0 Å². The van der Waals surface area contributed by atoms with Crippen LogP contribution in [0.25, 0.3) is 10.8 Å². The summed E-state index contributed by atoms with van der Waals surface area (Å²) in [6, 6.07) is 17.4. The Hall–Kier alpha value is -2.81. The largest absolute Gasteiger partial charge is 0.507 e. The van der Waals surface area contributed by atoms with Crippen LogP contribution in [0, 0.1) is 0 Å². The highest BCUT2D eigenvalue weighted by molar-refractivity contribution is 6.06. The fourth-order valence-electron chi connectivity index (χ4n) is 3.17. The molecule has 0 bridgehead atoms. The number of hydrogen-bond donors (Lipinski definition) is 2. The molecule has 3 nitrogen and oxygen atoms in total. The number of anilines is 1. The first kappa shape index (κ1) is 18.0. The van der Waals surface area contributed by atoms with Crippen molar-refractivity contribution in [3.8, 4) is 5.75 Å². The van der Waals surface area contributed by atoms with E-state index in [1.807, 2.05) is 82.3 Å². The lowest BCUT2D eigenvalue weighted by Crippen LogP contribution is -2.12. The molecule has 3 aromatic rings. The van der Waals surface area contributed by atoms with Gasteiger partial charge in [0.1, 0.15) is 5.75 Å². The second kappa shape index (κ2) is 7.20. The van der Waals surface area contributed by atoms with E-state index in [1.165, 1.54) is 0 Å². The van der Waals surface area contributed by atoms with Gasteiger partial charge in [-0.25, -0.2) is 0 Å². The number of nitrogens with one attached hydrogen (secondary N) is 1. The van der Waals surface area contributed by atoms with Crippen LogP contribution in [0.5, 0.6) is 5.75 Å². The average molecular weight is 347 g/mol. The topological polar surface area (TPSA) is 49.3 Å². The number of fused-ring (bicyclic) bond motifs is 1. The highest BCUT2D eigenvalue weighted by atomic mass is 16.3. The zero-order valence-electron chi connectivity index (χ0n) is 15.7. The van der Waals surface area contributed by atoms with Crippen LogP contribution < -0.4 is 5.32 Å². The van der Waals surface area contributed by atoms with Crippen molar-refractivity contribution in [1.29, 1.82) is 0 Å². The quantitative estimate of drug-likeness (QED) is 0.565. The zero-order chi connectivity index (χ0) is 18.8. The highest BCUT2D eigenvalue weighted by Crippen LogP contribution is 2.36. The monoisotopic (exact) mass is 347 g/mol. The predicted molar refractivity (Wildman–Crippen MR) is 108 cm³/mol. The van der Waals surface area contributed by atoms with E-state index in [-0.39, 0.29) is 17.7 Å². The molecule has 0 aliphatic heterocycles. The second-order valence-electron chi connectivity index (χ2n) is 7.33. The number of carbonyl (C=O) groups excluding carboxylic acids is 1. The van der Waals surface area contributed by atoms with E-state index in [9.17, 15) is 9.90 Å².